The maximum absolute atomic E-state index is 12.3. The molecule has 1 aromatic heterocycles. The van der Waals surface area contributed by atoms with Crippen molar-refractivity contribution in [2.45, 2.75) is 64.1 Å². The number of aromatic nitrogens is 1. The monoisotopic (exact) mass is 400 g/mol. The number of piperidine rings is 1. The summed E-state index contributed by atoms with van der Waals surface area (Å²) in [7, 11) is 0. The van der Waals surface area contributed by atoms with Crippen molar-refractivity contribution in [3.05, 3.63) is 60.3 Å². The summed E-state index contributed by atoms with van der Waals surface area (Å²) in [5.74, 6) is 1.21. The highest BCUT2D eigenvalue weighted by Crippen LogP contribution is 2.38. The molecule has 3 heterocycles. The Balaban J connectivity index is 1.31. The quantitative estimate of drug-likeness (QED) is 0.579. The number of hydrogen-bond donors (Lipinski definition) is 0. The lowest BCUT2D eigenvalue weighted by atomic mass is 9.97. The van der Waals surface area contributed by atoms with Crippen LogP contribution in [0.3, 0.4) is 0 Å². The highest BCUT2D eigenvalue weighted by molar-refractivity contribution is 5.88. The number of rotatable bonds is 4. The van der Waals surface area contributed by atoms with E-state index >= 15 is 0 Å². The third kappa shape index (κ3) is 3.34. The van der Waals surface area contributed by atoms with E-state index in [9.17, 15) is 4.79 Å². The van der Waals surface area contributed by atoms with Crippen molar-refractivity contribution in [3.8, 4) is 16.9 Å². The normalized spacial score (nSPS) is 23.0. The molecule has 1 amide bonds. The molecular weight excluding hydrogens is 372 g/mol. The minimum Gasteiger partial charge on any atom is -0.490 e. The Kier molecular flexibility index (Phi) is 4.93. The number of nitrogens with zero attached hydrogens (tertiary/aromatic N) is 2. The second-order valence-corrected chi connectivity index (χ2v) is 8.59. The van der Waals surface area contributed by atoms with E-state index in [1.165, 1.54) is 22.1 Å². The smallest absolute Gasteiger partial charge is 0.222 e. The van der Waals surface area contributed by atoms with Gasteiger partial charge in [0.15, 0.2) is 0 Å². The largest absolute Gasteiger partial charge is 0.490 e. The molecule has 4 nitrogen and oxygen atoms in total. The molecule has 5 rings (SSSR count). The summed E-state index contributed by atoms with van der Waals surface area (Å²) < 4.78 is 6.34. The summed E-state index contributed by atoms with van der Waals surface area (Å²) in [6.45, 7) is 4.09. The van der Waals surface area contributed by atoms with Crippen molar-refractivity contribution in [2.75, 3.05) is 0 Å². The van der Waals surface area contributed by atoms with E-state index in [4.69, 9.17) is 4.74 Å². The molecular formula is C26H28N2O2. The molecule has 0 radical (unpaired) electrons. The lowest BCUT2D eigenvalue weighted by Crippen LogP contribution is -2.49. The van der Waals surface area contributed by atoms with E-state index in [1.54, 1.807) is 0 Å². The summed E-state index contributed by atoms with van der Waals surface area (Å²) in [6, 6.07) is 17.5. The van der Waals surface area contributed by atoms with E-state index in [0.29, 0.717) is 24.4 Å². The van der Waals surface area contributed by atoms with Gasteiger partial charge in [-0.15, -0.1) is 0 Å². The molecule has 154 valence electrons. The molecule has 2 saturated heterocycles. The number of amides is 1. The van der Waals surface area contributed by atoms with E-state index in [-0.39, 0.29) is 6.10 Å². The maximum Gasteiger partial charge on any atom is 0.222 e. The van der Waals surface area contributed by atoms with Gasteiger partial charge in [0.2, 0.25) is 5.91 Å². The van der Waals surface area contributed by atoms with Gasteiger partial charge < -0.3 is 9.64 Å². The highest BCUT2D eigenvalue weighted by Gasteiger charge is 2.43. The zero-order valence-electron chi connectivity index (χ0n) is 17.7. The fraction of sp³-hybridized carbons (Fsp3) is 0.385. The molecule has 2 fully saturated rings. The number of fused-ring (bicyclic) bond motifs is 3. The van der Waals surface area contributed by atoms with Crippen LogP contribution in [0.1, 0.15) is 44.6 Å². The highest BCUT2D eigenvalue weighted by atomic mass is 16.5. The molecule has 0 saturated carbocycles. The molecule has 3 aromatic rings. The minimum atomic E-state index is 0.195. The van der Waals surface area contributed by atoms with Crippen LogP contribution in [-0.4, -0.2) is 34.0 Å². The summed E-state index contributed by atoms with van der Waals surface area (Å²) >= 11 is 0. The van der Waals surface area contributed by atoms with Gasteiger partial charge in [-0.25, -0.2) is 0 Å². The third-order valence-electron chi connectivity index (χ3n) is 6.78. The molecule has 1 unspecified atom stereocenters. The van der Waals surface area contributed by atoms with Crippen molar-refractivity contribution in [2.24, 2.45) is 0 Å². The predicted octanol–water partition coefficient (Wildman–Crippen LogP) is 5.52. The minimum absolute atomic E-state index is 0.195. The Hall–Kier alpha value is -2.88. The van der Waals surface area contributed by atoms with Crippen molar-refractivity contribution >= 4 is 16.8 Å². The standard InChI is InChI=1S/C26H28N2O2/c1-3-25(29)28-20-9-10-21(28)16-23(15-20)30-22-11-6-18(7-12-22)24-13-8-19-5-4-14-27-26(19)17(24)2/h4-8,11-14,20-21,23H,3,9-10,15-16H2,1-2H3/t20-,21?,23-/m1/s1. The molecule has 2 aliphatic heterocycles. The number of carbonyl (C=O) groups excluding carboxylic acids is 1. The Morgan fingerprint density at radius 1 is 1.07 bits per heavy atom. The molecule has 0 spiro atoms. The van der Waals surface area contributed by atoms with Crippen LogP contribution in [0.5, 0.6) is 5.75 Å². The lowest BCUT2D eigenvalue weighted by molar-refractivity contribution is -0.136. The van der Waals surface area contributed by atoms with E-state index in [2.05, 4.69) is 59.3 Å². The van der Waals surface area contributed by atoms with Crippen LogP contribution >= 0.6 is 0 Å². The average molecular weight is 401 g/mol. The lowest BCUT2D eigenvalue weighted by Gasteiger charge is -2.38. The fourth-order valence-corrected chi connectivity index (χ4v) is 5.32. The van der Waals surface area contributed by atoms with Crippen molar-refractivity contribution in [1.82, 2.24) is 9.88 Å². The van der Waals surface area contributed by atoms with Crippen LogP contribution in [0.4, 0.5) is 0 Å². The number of benzene rings is 2. The van der Waals surface area contributed by atoms with Crippen molar-refractivity contribution in [3.63, 3.8) is 0 Å². The van der Waals surface area contributed by atoms with Crippen LogP contribution in [0.15, 0.2) is 54.7 Å². The van der Waals surface area contributed by atoms with Gasteiger partial charge in [-0.3, -0.25) is 9.78 Å². The van der Waals surface area contributed by atoms with E-state index in [1.807, 2.05) is 19.2 Å². The fourth-order valence-electron chi connectivity index (χ4n) is 5.32. The molecule has 2 aliphatic rings. The van der Waals surface area contributed by atoms with Crippen LogP contribution in [-0.2, 0) is 4.79 Å². The zero-order chi connectivity index (χ0) is 20.7. The number of carbonyl (C=O) groups is 1. The number of ether oxygens (including phenoxy) is 1. The molecule has 4 heteroatoms. The molecule has 0 aliphatic carbocycles. The van der Waals surface area contributed by atoms with Gasteiger partial charge in [-0.1, -0.05) is 37.3 Å². The van der Waals surface area contributed by atoms with Crippen LogP contribution in [0, 0.1) is 6.92 Å². The SMILES string of the molecule is CCC(=O)N1C2CC[C@@H]1C[C@@H](Oc1ccc(-c3ccc4cccnc4c3C)cc1)C2. The second-order valence-electron chi connectivity index (χ2n) is 8.59. The van der Waals surface area contributed by atoms with Gasteiger partial charge in [0.05, 0.1) is 5.52 Å². The molecule has 0 N–H and O–H groups in total. The molecule has 2 aromatic carbocycles. The maximum atomic E-state index is 12.3. The summed E-state index contributed by atoms with van der Waals surface area (Å²) in [5, 5.41) is 1.17. The molecule has 30 heavy (non-hydrogen) atoms. The van der Waals surface area contributed by atoms with Gasteiger partial charge in [0.1, 0.15) is 11.9 Å². The van der Waals surface area contributed by atoms with Crippen LogP contribution in [0.2, 0.25) is 0 Å². The number of pyridine rings is 1. The first-order chi connectivity index (χ1) is 14.6. The first-order valence-corrected chi connectivity index (χ1v) is 11.1. The molecule has 2 bridgehead atoms. The topological polar surface area (TPSA) is 42.4 Å². The first kappa shape index (κ1) is 19.1. The predicted molar refractivity (Wildman–Crippen MR) is 120 cm³/mol. The summed E-state index contributed by atoms with van der Waals surface area (Å²) in [6.07, 6.45) is 6.76. The Morgan fingerprint density at radius 2 is 1.80 bits per heavy atom. The number of aryl methyl sites for hydroxylation is 1. The Labute approximate surface area is 177 Å². The second kappa shape index (κ2) is 7.75. The van der Waals surface area contributed by atoms with Gasteiger partial charge in [-0.2, -0.15) is 0 Å². The van der Waals surface area contributed by atoms with Crippen LogP contribution in [0.25, 0.3) is 22.0 Å². The Bertz CT molecular complexity index is 1060. The Morgan fingerprint density at radius 3 is 2.50 bits per heavy atom. The third-order valence-corrected chi connectivity index (χ3v) is 6.78. The van der Waals surface area contributed by atoms with Gasteiger partial charge in [-0.05, 0) is 54.7 Å². The summed E-state index contributed by atoms with van der Waals surface area (Å²) in [5.41, 5.74) is 4.64. The van der Waals surface area contributed by atoms with Crippen molar-refractivity contribution in [1.29, 1.82) is 0 Å². The van der Waals surface area contributed by atoms with E-state index in [0.717, 1.165) is 36.9 Å². The first-order valence-electron chi connectivity index (χ1n) is 11.1. The summed E-state index contributed by atoms with van der Waals surface area (Å²) in [4.78, 5) is 18.9. The van der Waals surface area contributed by atoms with Gasteiger partial charge >= 0.3 is 0 Å². The van der Waals surface area contributed by atoms with E-state index < -0.39 is 0 Å². The molecule has 3 atom stereocenters. The van der Waals surface area contributed by atoms with Crippen molar-refractivity contribution < 1.29 is 9.53 Å². The zero-order valence-corrected chi connectivity index (χ0v) is 17.7. The van der Waals surface area contributed by atoms with Gasteiger partial charge in [0.25, 0.3) is 0 Å². The number of hydrogen-bond acceptors (Lipinski definition) is 3. The van der Waals surface area contributed by atoms with Crippen LogP contribution < -0.4 is 4.74 Å². The van der Waals surface area contributed by atoms with Gasteiger partial charge in [0, 0.05) is 42.9 Å². The average Bonchev–Trinajstić information content (AvgIpc) is 3.05.